The quantitative estimate of drug-likeness (QED) is 0.0991. The molecule has 0 spiro atoms. The molecular formula is C51H50N8O6S2. The number of likely N-dealkylation sites (tertiary alicyclic amines) is 2. The highest BCUT2D eigenvalue weighted by Gasteiger charge is 2.39. The molecule has 4 N–H and O–H groups in total. The maximum atomic E-state index is 14.1. The third kappa shape index (κ3) is 8.39. The van der Waals surface area contributed by atoms with Crippen LogP contribution < -0.4 is 10.6 Å². The van der Waals surface area contributed by atoms with E-state index in [-0.39, 0.29) is 29.8 Å². The zero-order valence-electron chi connectivity index (χ0n) is 37.5. The van der Waals surface area contributed by atoms with Crippen LogP contribution in [0.15, 0.2) is 102 Å². The van der Waals surface area contributed by atoms with Crippen LogP contribution in [0, 0.1) is 5.92 Å². The molecule has 342 valence electrons. The molecule has 4 aromatic carbocycles. The topological polar surface area (TPSA) is 175 Å². The zero-order valence-corrected chi connectivity index (χ0v) is 39.1. The SMILES string of the molecule is COC(=O)N[C@@H](C(=O)N1CCCC1c1nc2ccc(-c3csc4c(-c5ccc(-c6ccc7[nH]c(C8CCCN8C(=O)[C@H](NC(=O)OC)C(C)C)nc7c6)cc5)csc34)cc2[nH]1)c1ccccc1. The summed E-state index contributed by atoms with van der Waals surface area (Å²) in [5.74, 6) is 1.03. The Bertz CT molecular complexity index is 3140. The van der Waals surface area contributed by atoms with E-state index in [1.54, 1.807) is 22.7 Å². The van der Waals surface area contributed by atoms with Gasteiger partial charge in [0.25, 0.3) is 5.91 Å². The molecule has 10 rings (SSSR count). The highest BCUT2D eigenvalue weighted by molar-refractivity contribution is 7.27. The lowest BCUT2D eigenvalue weighted by Crippen LogP contribution is -2.51. The molecule has 2 aliphatic rings. The Hall–Kier alpha value is -7.04. The van der Waals surface area contributed by atoms with E-state index in [0.717, 1.165) is 87.2 Å². The van der Waals surface area contributed by atoms with Crippen molar-refractivity contribution >= 4 is 78.1 Å². The minimum Gasteiger partial charge on any atom is -0.453 e. The molecule has 0 aliphatic carbocycles. The second kappa shape index (κ2) is 18.3. The van der Waals surface area contributed by atoms with Gasteiger partial charge in [0.05, 0.1) is 57.8 Å². The van der Waals surface area contributed by atoms with Gasteiger partial charge in [-0.3, -0.25) is 9.59 Å². The normalized spacial score (nSPS) is 17.1. The molecule has 6 heterocycles. The summed E-state index contributed by atoms with van der Waals surface area (Å²) >= 11 is 3.48. The van der Waals surface area contributed by atoms with Gasteiger partial charge in [0, 0.05) is 35.0 Å². The van der Waals surface area contributed by atoms with E-state index in [2.05, 4.69) is 79.9 Å². The van der Waals surface area contributed by atoms with Gasteiger partial charge in [0.2, 0.25) is 5.91 Å². The van der Waals surface area contributed by atoms with Crippen molar-refractivity contribution in [1.82, 2.24) is 40.4 Å². The second-order valence-electron chi connectivity index (χ2n) is 17.5. The molecule has 2 aliphatic heterocycles. The van der Waals surface area contributed by atoms with E-state index < -0.39 is 24.3 Å². The molecule has 4 atom stereocenters. The number of nitrogens with one attached hydrogen (secondary N) is 4. The number of rotatable bonds is 11. The van der Waals surface area contributed by atoms with Crippen LogP contribution in [0.3, 0.4) is 0 Å². The van der Waals surface area contributed by atoms with Crippen LogP contribution in [0.2, 0.25) is 0 Å². The number of benzene rings is 4. The molecule has 0 saturated carbocycles. The third-order valence-electron chi connectivity index (χ3n) is 13.0. The van der Waals surface area contributed by atoms with Crippen molar-refractivity contribution in [3.8, 4) is 33.4 Å². The van der Waals surface area contributed by atoms with Crippen molar-refractivity contribution in [2.75, 3.05) is 27.3 Å². The van der Waals surface area contributed by atoms with Crippen molar-refractivity contribution in [3.05, 3.63) is 119 Å². The van der Waals surface area contributed by atoms with Crippen LogP contribution in [-0.2, 0) is 19.1 Å². The van der Waals surface area contributed by atoms with E-state index in [4.69, 9.17) is 19.4 Å². The number of fused-ring (bicyclic) bond motifs is 3. The number of ether oxygens (including phenoxy) is 2. The molecule has 14 nitrogen and oxygen atoms in total. The fraction of sp³-hybridized carbons (Fsp3) is 0.294. The van der Waals surface area contributed by atoms with Gasteiger partial charge in [0.1, 0.15) is 23.7 Å². The van der Waals surface area contributed by atoms with Crippen LogP contribution in [0.4, 0.5) is 9.59 Å². The third-order valence-corrected chi connectivity index (χ3v) is 15.2. The van der Waals surface area contributed by atoms with Gasteiger partial charge in [0.15, 0.2) is 0 Å². The summed E-state index contributed by atoms with van der Waals surface area (Å²) in [4.78, 5) is 72.8. The standard InChI is InChI=1S/C51H50N8O6S2/c1-28(2)42(56-50(62)64-3)48(60)58-22-8-12-40(58)46-52-36-20-18-32(24-38(36)54-46)29-14-16-30(17-15-29)34-26-66-45-35(27-67-44(34)45)33-19-21-37-39(25-33)55-47(53-37)41-13-9-23-59(41)49(61)43(57-51(63)65-4)31-10-6-5-7-11-31/h5-7,10-11,14-21,24-28,40-43H,8-9,12-13,22-23H2,1-4H3,(H,52,54)(H,53,55)(H,56,62)(H,57,63)/t40?,41?,42-,43-/m1/s1. The largest absolute Gasteiger partial charge is 0.453 e. The summed E-state index contributed by atoms with van der Waals surface area (Å²) in [5, 5.41) is 9.92. The Balaban J connectivity index is 0.851. The number of carbonyl (C=O) groups excluding carboxylic acids is 4. The molecule has 8 aromatic rings. The van der Waals surface area contributed by atoms with Gasteiger partial charge in [-0.25, -0.2) is 19.6 Å². The average Bonchev–Trinajstić information content (AvgIpc) is 4.22. The molecule has 67 heavy (non-hydrogen) atoms. The number of amides is 4. The monoisotopic (exact) mass is 934 g/mol. The number of hydrogen-bond acceptors (Lipinski definition) is 10. The Morgan fingerprint density at radius 2 is 1.21 bits per heavy atom. The minimum absolute atomic E-state index is 0.109. The number of nitrogens with zero attached hydrogens (tertiary/aromatic N) is 4. The molecule has 4 aromatic heterocycles. The zero-order chi connectivity index (χ0) is 46.3. The van der Waals surface area contributed by atoms with Gasteiger partial charge >= 0.3 is 12.2 Å². The first-order valence-electron chi connectivity index (χ1n) is 22.5. The van der Waals surface area contributed by atoms with Gasteiger partial charge < -0.3 is 39.9 Å². The Labute approximate surface area is 394 Å². The van der Waals surface area contributed by atoms with Gasteiger partial charge in [-0.05, 0) is 83.7 Å². The first-order valence-corrected chi connectivity index (χ1v) is 24.3. The summed E-state index contributed by atoms with van der Waals surface area (Å²) in [7, 11) is 2.59. The van der Waals surface area contributed by atoms with Crippen LogP contribution in [0.25, 0.3) is 64.8 Å². The number of alkyl carbamates (subject to hydrolysis) is 2. The molecule has 2 saturated heterocycles. The molecule has 0 radical (unpaired) electrons. The number of H-pyrrole nitrogens is 2. The number of methoxy groups -OCH3 is 2. The first kappa shape index (κ1) is 43.8. The number of aromatic amines is 2. The predicted octanol–water partition coefficient (Wildman–Crippen LogP) is 10.5. The molecule has 0 bridgehead atoms. The second-order valence-corrected chi connectivity index (χ2v) is 19.2. The number of carbonyl (C=O) groups is 4. The lowest BCUT2D eigenvalue weighted by Gasteiger charge is -2.29. The molecule has 2 fully saturated rings. The Morgan fingerprint density at radius 1 is 0.642 bits per heavy atom. The fourth-order valence-corrected chi connectivity index (χ4v) is 12.0. The van der Waals surface area contributed by atoms with Crippen molar-refractivity contribution in [2.45, 2.75) is 63.7 Å². The van der Waals surface area contributed by atoms with E-state index in [9.17, 15) is 19.2 Å². The lowest BCUT2D eigenvalue weighted by molar-refractivity contribution is -0.135. The molecule has 4 amide bonds. The Kier molecular flexibility index (Phi) is 12.0. The molecular weight excluding hydrogens is 885 g/mol. The van der Waals surface area contributed by atoms with Crippen LogP contribution in [-0.4, -0.2) is 87.1 Å². The van der Waals surface area contributed by atoms with Crippen molar-refractivity contribution < 1.29 is 28.7 Å². The maximum Gasteiger partial charge on any atom is 0.407 e. The summed E-state index contributed by atoms with van der Waals surface area (Å²) in [6, 6.07) is 28.4. The van der Waals surface area contributed by atoms with Gasteiger partial charge in [-0.2, -0.15) is 0 Å². The van der Waals surface area contributed by atoms with Gasteiger partial charge in [-0.15, -0.1) is 22.7 Å². The summed E-state index contributed by atoms with van der Waals surface area (Å²) in [6.45, 7) is 4.97. The summed E-state index contributed by atoms with van der Waals surface area (Å²) in [5.41, 5.74) is 10.8. The number of thiophene rings is 2. The predicted molar refractivity (Wildman–Crippen MR) is 262 cm³/mol. The maximum absolute atomic E-state index is 14.1. The number of aromatic nitrogens is 4. The Morgan fingerprint density at radius 3 is 1.87 bits per heavy atom. The van der Waals surface area contributed by atoms with E-state index in [1.165, 1.54) is 29.2 Å². The lowest BCUT2D eigenvalue weighted by atomic mass is 10.0. The van der Waals surface area contributed by atoms with Crippen LogP contribution in [0.1, 0.15) is 74.9 Å². The van der Waals surface area contributed by atoms with Gasteiger partial charge in [-0.1, -0.05) is 80.6 Å². The smallest absolute Gasteiger partial charge is 0.407 e. The fourth-order valence-electron chi connectivity index (χ4n) is 9.56. The highest BCUT2D eigenvalue weighted by atomic mass is 32.1. The average molecular weight is 935 g/mol. The first-order chi connectivity index (χ1) is 32.6. The number of imidazole rings is 2. The van der Waals surface area contributed by atoms with Crippen LogP contribution >= 0.6 is 22.7 Å². The number of hydrogen-bond donors (Lipinski definition) is 4. The van der Waals surface area contributed by atoms with Crippen molar-refractivity contribution in [1.29, 1.82) is 0 Å². The van der Waals surface area contributed by atoms with E-state index >= 15 is 0 Å². The van der Waals surface area contributed by atoms with E-state index in [0.29, 0.717) is 18.7 Å². The minimum atomic E-state index is -0.883. The van der Waals surface area contributed by atoms with E-state index in [1.807, 2.05) is 66.1 Å². The summed E-state index contributed by atoms with van der Waals surface area (Å²) in [6.07, 6.45) is 1.92. The summed E-state index contributed by atoms with van der Waals surface area (Å²) < 4.78 is 12.1. The molecule has 16 heteroatoms. The van der Waals surface area contributed by atoms with Crippen LogP contribution in [0.5, 0.6) is 0 Å². The molecule has 2 unspecified atom stereocenters. The van der Waals surface area contributed by atoms with Crippen molar-refractivity contribution in [2.24, 2.45) is 5.92 Å². The highest BCUT2D eigenvalue weighted by Crippen LogP contribution is 2.45. The van der Waals surface area contributed by atoms with Crippen molar-refractivity contribution in [3.63, 3.8) is 0 Å².